The molecular formula is C15H16N2O2. The van der Waals surface area contributed by atoms with Gasteiger partial charge in [0.2, 0.25) is 0 Å². The van der Waals surface area contributed by atoms with Crippen molar-refractivity contribution in [2.24, 2.45) is 0 Å². The van der Waals surface area contributed by atoms with E-state index in [4.69, 9.17) is 4.74 Å². The summed E-state index contributed by atoms with van der Waals surface area (Å²) in [6.07, 6.45) is 3.56. The van der Waals surface area contributed by atoms with Crippen LogP contribution in [0.15, 0.2) is 48.8 Å². The van der Waals surface area contributed by atoms with Gasteiger partial charge in [-0.2, -0.15) is 0 Å². The van der Waals surface area contributed by atoms with Crippen molar-refractivity contribution in [3.05, 3.63) is 65.5 Å². The molecule has 2 aromatic rings. The van der Waals surface area contributed by atoms with E-state index in [1.807, 2.05) is 36.5 Å². The molecule has 0 fully saturated rings. The Hall–Kier alpha value is -2.20. The van der Waals surface area contributed by atoms with Crippen LogP contribution >= 0.6 is 0 Å². The minimum atomic E-state index is -0.307. The second-order valence-electron chi connectivity index (χ2n) is 4.11. The number of hydrogen-bond donors (Lipinski definition) is 1. The minimum Gasteiger partial charge on any atom is -0.465 e. The van der Waals surface area contributed by atoms with Gasteiger partial charge in [-0.1, -0.05) is 24.3 Å². The predicted octanol–water partition coefficient (Wildman–Crippen LogP) is 2.16. The van der Waals surface area contributed by atoms with Gasteiger partial charge in [0.1, 0.15) is 0 Å². The van der Waals surface area contributed by atoms with Crippen molar-refractivity contribution in [2.75, 3.05) is 7.11 Å². The molecule has 19 heavy (non-hydrogen) atoms. The van der Waals surface area contributed by atoms with Crippen molar-refractivity contribution in [3.8, 4) is 0 Å². The van der Waals surface area contributed by atoms with Crippen molar-refractivity contribution in [1.29, 1.82) is 0 Å². The number of ether oxygens (including phenoxy) is 1. The van der Waals surface area contributed by atoms with Crippen molar-refractivity contribution in [3.63, 3.8) is 0 Å². The number of methoxy groups -OCH3 is 1. The highest BCUT2D eigenvalue weighted by Gasteiger charge is 2.10. The van der Waals surface area contributed by atoms with Crippen LogP contribution in [0.25, 0.3) is 0 Å². The Morgan fingerprint density at radius 3 is 2.79 bits per heavy atom. The lowest BCUT2D eigenvalue weighted by molar-refractivity contribution is 0.0599. The Balaban J connectivity index is 1.98. The fourth-order valence-electron chi connectivity index (χ4n) is 1.83. The molecule has 0 spiro atoms. The van der Waals surface area contributed by atoms with Crippen LogP contribution in [0.5, 0.6) is 0 Å². The van der Waals surface area contributed by atoms with Crippen molar-refractivity contribution in [2.45, 2.75) is 13.1 Å². The number of aromatic nitrogens is 1. The monoisotopic (exact) mass is 256 g/mol. The summed E-state index contributed by atoms with van der Waals surface area (Å²) < 4.78 is 4.76. The first-order valence-corrected chi connectivity index (χ1v) is 6.07. The highest BCUT2D eigenvalue weighted by molar-refractivity contribution is 5.90. The quantitative estimate of drug-likeness (QED) is 0.833. The maximum Gasteiger partial charge on any atom is 0.338 e. The topological polar surface area (TPSA) is 51.2 Å². The summed E-state index contributed by atoms with van der Waals surface area (Å²) in [5.74, 6) is -0.307. The van der Waals surface area contributed by atoms with Crippen LogP contribution in [-0.4, -0.2) is 18.1 Å². The van der Waals surface area contributed by atoms with E-state index >= 15 is 0 Å². The molecule has 4 nitrogen and oxygen atoms in total. The predicted molar refractivity (Wildman–Crippen MR) is 72.6 cm³/mol. The number of benzene rings is 1. The Morgan fingerprint density at radius 1 is 1.21 bits per heavy atom. The van der Waals surface area contributed by atoms with Gasteiger partial charge < -0.3 is 10.1 Å². The highest BCUT2D eigenvalue weighted by Crippen LogP contribution is 2.10. The summed E-state index contributed by atoms with van der Waals surface area (Å²) in [5.41, 5.74) is 2.64. The smallest absolute Gasteiger partial charge is 0.338 e. The van der Waals surface area contributed by atoms with Crippen molar-refractivity contribution in [1.82, 2.24) is 10.3 Å². The van der Waals surface area contributed by atoms with E-state index in [0.29, 0.717) is 18.7 Å². The third kappa shape index (κ3) is 3.63. The SMILES string of the molecule is COC(=O)c1ccccc1CNCc1cccnc1. The zero-order valence-electron chi connectivity index (χ0n) is 10.8. The molecule has 1 N–H and O–H groups in total. The van der Waals surface area contributed by atoms with Crippen LogP contribution in [0.1, 0.15) is 21.5 Å². The summed E-state index contributed by atoms with van der Waals surface area (Å²) in [5, 5.41) is 3.29. The van der Waals surface area contributed by atoms with Gasteiger partial charge in [0.05, 0.1) is 12.7 Å². The lowest BCUT2D eigenvalue weighted by Crippen LogP contribution is -2.16. The third-order valence-corrected chi connectivity index (χ3v) is 2.79. The third-order valence-electron chi connectivity index (χ3n) is 2.79. The molecule has 2 rings (SSSR count). The van der Waals surface area contributed by atoms with Gasteiger partial charge in [-0.25, -0.2) is 4.79 Å². The molecule has 0 unspecified atom stereocenters. The Bertz CT molecular complexity index is 541. The zero-order valence-corrected chi connectivity index (χ0v) is 10.8. The minimum absolute atomic E-state index is 0.307. The van der Waals surface area contributed by atoms with Crippen LogP contribution in [0, 0.1) is 0 Å². The number of carbonyl (C=O) groups is 1. The summed E-state index contributed by atoms with van der Waals surface area (Å²) >= 11 is 0. The van der Waals surface area contributed by atoms with Gasteiger partial charge in [0.15, 0.2) is 0 Å². The van der Waals surface area contributed by atoms with Crippen LogP contribution in [0.3, 0.4) is 0 Å². The van der Waals surface area contributed by atoms with E-state index in [1.54, 1.807) is 12.3 Å². The standard InChI is InChI=1S/C15H16N2O2/c1-19-15(18)14-7-3-2-6-13(14)11-17-10-12-5-4-8-16-9-12/h2-9,17H,10-11H2,1H3. The molecule has 0 aliphatic carbocycles. The first kappa shape index (κ1) is 13.2. The molecule has 0 amide bonds. The van der Waals surface area contributed by atoms with Gasteiger partial charge in [0.25, 0.3) is 0 Å². The van der Waals surface area contributed by atoms with Gasteiger partial charge in [-0.15, -0.1) is 0 Å². The molecule has 0 aliphatic rings. The molecule has 0 bridgehead atoms. The Labute approximate surface area is 112 Å². The molecule has 1 aromatic heterocycles. The van der Waals surface area contributed by atoms with Crippen molar-refractivity contribution >= 4 is 5.97 Å². The lowest BCUT2D eigenvalue weighted by atomic mass is 10.1. The molecule has 98 valence electrons. The number of carbonyl (C=O) groups excluding carboxylic acids is 1. The average molecular weight is 256 g/mol. The molecular weight excluding hydrogens is 240 g/mol. The maximum absolute atomic E-state index is 11.6. The average Bonchev–Trinajstić information content (AvgIpc) is 2.48. The van der Waals surface area contributed by atoms with E-state index in [1.165, 1.54) is 7.11 Å². The molecule has 0 saturated heterocycles. The van der Waals surface area contributed by atoms with Gasteiger partial charge in [-0.05, 0) is 23.3 Å². The van der Waals surface area contributed by atoms with E-state index in [2.05, 4.69) is 10.3 Å². The molecule has 0 radical (unpaired) electrons. The van der Waals surface area contributed by atoms with E-state index in [9.17, 15) is 4.79 Å². The number of hydrogen-bond acceptors (Lipinski definition) is 4. The molecule has 0 atom stereocenters. The molecule has 0 saturated carbocycles. The second-order valence-corrected chi connectivity index (χ2v) is 4.11. The summed E-state index contributed by atoms with van der Waals surface area (Å²) in [7, 11) is 1.39. The fourth-order valence-corrected chi connectivity index (χ4v) is 1.83. The molecule has 1 aromatic carbocycles. The summed E-state index contributed by atoms with van der Waals surface area (Å²) in [6.45, 7) is 1.32. The van der Waals surface area contributed by atoms with Crippen LogP contribution in [0.2, 0.25) is 0 Å². The van der Waals surface area contributed by atoms with Crippen LogP contribution in [0.4, 0.5) is 0 Å². The number of nitrogens with one attached hydrogen (secondary N) is 1. The Kier molecular flexibility index (Phi) is 4.64. The number of nitrogens with zero attached hydrogens (tertiary/aromatic N) is 1. The number of esters is 1. The fraction of sp³-hybridized carbons (Fsp3) is 0.200. The number of pyridine rings is 1. The van der Waals surface area contributed by atoms with Crippen molar-refractivity contribution < 1.29 is 9.53 Å². The number of rotatable bonds is 5. The molecule has 0 aliphatic heterocycles. The van der Waals surface area contributed by atoms with Crippen LogP contribution < -0.4 is 5.32 Å². The summed E-state index contributed by atoms with van der Waals surface area (Å²) in [4.78, 5) is 15.7. The lowest BCUT2D eigenvalue weighted by Gasteiger charge is -2.09. The maximum atomic E-state index is 11.6. The second kappa shape index (κ2) is 6.66. The van der Waals surface area contributed by atoms with E-state index in [0.717, 1.165) is 11.1 Å². The van der Waals surface area contributed by atoms with Gasteiger partial charge >= 0.3 is 5.97 Å². The summed E-state index contributed by atoms with van der Waals surface area (Å²) in [6, 6.07) is 11.3. The van der Waals surface area contributed by atoms with Gasteiger partial charge in [0, 0.05) is 25.5 Å². The molecule has 1 heterocycles. The van der Waals surface area contributed by atoms with E-state index < -0.39 is 0 Å². The van der Waals surface area contributed by atoms with Gasteiger partial charge in [-0.3, -0.25) is 4.98 Å². The molecule has 4 heteroatoms. The Morgan fingerprint density at radius 2 is 2.05 bits per heavy atom. The first-order valence-electron chi connectivity index (χ1n) is 6.07. The first-order chi connectivity index (χ1) is 9.31. The zero-order chi connectivity index (χ0) is 13.5. The largest absolute Gasteiger partial charge is 0.465 e. The van der Waals surface area contributed by atoms with Crippen LogP contribution in [-0.2, 0) is 17.8 Å². The normalized spacial score (nSPS) is 10.2. The highest BCUT2D eigenvalue weighted by atomic mass is 16.5. The van der Waals surface area contributed by atoms with E-state index in [-0.39, 0.29) is 5.97 Å².